The van der Waals surface area contributed by atoms with Gasteiger partial charge in [-0.1, -0.05) is 12.1 Å². The van der Waals surface area contributed by atoms with Gasteiger partial charge in [-0.2, -0.15) is 0 Å². The van der Waals surface area contributed by atoms with E-state index in [4.69, 9.17) is 12.2 Å². The zero-order valence-electron chi connectivity index (χ0n) is 9.47. The smallest absolute Gasteiger partial charge is 0.191 e. The Kier molecular flexibility index (Phi) is 2.74. The van der Waals surface area contributed by atoms with Crippen LogP contribution in [0.2, 0.25) is 0 Å². The summed E-state index contributed by atoms with van der Waals surface area (Å²) in [4.78, 5) is 8.56. The Labute approximate surface area is 109 Å². The van der Waals surface area contributed by atoms with Gasteiger partial charge in [-0.15, -0.1) is 0 Å². The van der Waals surface area contributed by atoms with Crippen molar-refractivity contribution in [3.05, 3.63) is 66.0 Å². The molecule has 0 aromatic carbocycles. The van der Waals surface area contributed by atoms with Crippen molar-refractivity contribution in [2.24, 2.45) is 0 Å². The van der Waals surface area contributed by atoms with Gasteiger partial charge in [0.2, 0.25) is 0 Å². The molecule has 0 amide bonds. The van der Waals surface area contributed by atoms with Gasteiger partial charge < -0.3 is 0 Å². The monoisotopic (exact) mass is 254 g/mol. The second kappa shape index (κ2) is 4.54. The van der Waals surface area contributed by atoms with E-state index in [2.05, 4.69) is 9.97 Å². The molecule has 0 aliphatic carbocycles. The summed E-state index contributed by atoms with van der Waals surface area (Å²) in [6.45, 7) is 0. The maximum absolute atomic E-state index is 5.44. The molecule has 3 aromatic heterocycles. The van der Waals surface area contributed by atoms with Crippen molar-refractivity contribution in [1.29, 1.82) is 0 Å². The SMILES string of the molecule is S=c1n(-c2ccccn2)ccn1-c1ccccn1. The van der Waals surface area contributed by atoms with Gasteiger partial charge in [0.25, 0.3) is 0 Å². The van der Waals surface area contributed by atoms with Crippen LogP contribution in [0.4, 0.5) is 0 Å². The Morgan fingerprint density at radius 1 is 0.778 bits per heavy atom. The number of nitrogens with zero attached hydrogens (tertiary/aromatic N) is 4. The van der Waals surface area contributed by atoms with Gasteiger partial charge in [-0.3, -0.25) is 9.13 Å². The maximum atomic E-state index is 5.44. The number of aromatic nitrogens is 4. The Balaban J connectivity index is 2.12. The number of hydrogen-bond acceptors (Lipinski definition) is 3. The van der Waals surface area contributed by atoms with Crippen LogP contribution < -0.4 is 0 Å². The lowest BCUT2D eigenvalue weighted by molar-refractivity contribution is 0.906. The van der Waals surface area contributed by atoms with Crippen LogP contribution in [0.25, 0.3) is 11.6 Å². The summed E-state index contributed by atoms with van der Waals surface area (Å²) in [6, 6.07) is 11.5. The largest absolute Gasteiger partial charge is 0.276 e. The van der Waals surface area contributed by atoms with E-state index in [0.717, 1.165) is 11.6 Å². The second-order valence-electron chi connectivity index (χ2n) is 3.70. The molecular weight excluding hydrogens is 244 g/mol. The normalized spacial score (nSPS) is 10.4. The molecule has 0 atom stereocenters. The quantitative estimate of drug-likeness (QED) is 0.660. The van der Waals surface area contributed by atoms with Crippen molar-refractivity contribution in [1.82, 2.24) is 19.1 Å². The minimum atomic E-state index is 0.646. The van der Waals surface area contributed by atoms with Crippen LogP contribution in [-0.4, -0.2) is 19.1 Å². The Morgan fingerprint density at radius 2 is 1.28 bits per heavy atom. The lowest BCUT2D eigenvalue weighted by Gasteiger charge is -2.02. The van der Waals surface area contributed by atoms with Gasteiger partial charge in [0, 0.05) is 24.8 Å². The van der Waals surface area contributed by atoms with Gasteiger partial charge in [0.15, 0.2) is 4.77 Å². The molecule has 88 valence electrons. The fourth-order valence-corrected chi connectivity index (χ4v) is 2.03. The molecule has 0 spiro atoms. The molecule has 0 unspecified atom stereocenters. The molecule has 0 aliphatic heterocycles. The topological polar surface area (TPSA) is 35.6 Å². The Hall–Kier alpha value is -2.27. The molecule has 0 saturated heterocycles. The van der Waals surface area contributed by atoms with Gasteiger partial charge in [-0.05, 0) is 36.5 Å². The number of hydrogen-bond donors (Lipinski definition) is 0. The van der Waals surface area contributed by atoms with Gasteiger partial charge in [-0.25, -0.2) is 9.97 Å². The molecule has 3 aromatic rings. The van der Waals surface area contributed by atoms with Crippen molar-refractivity contribution in [3.63, 3.8) is 0 Å². The number of pyridine rings is 2. The molecule has 3 heterocycles. The molecule has 0 radical (unpaired) electrons. The van der Waals surface area contributed by atoms with Crippen LogP contribution in [0.15, 0.2) is 61.2 Å². The molecule has 18 heavy (non-hydrogen) atoms. The highest BCUT2D eigenvalue weighted by molar-refractivity contribution is 7.71. The number of rotatable bonds is 2. The second-order valence-corrected chi connectivity index (χ2v) is 4.06. The molecule has 0 bridgehead atoms. The average molecular weight is 254 g/mol. The first-order chi connectivity index (χ1) is 8.86. The third-order valence-electron chi connectivity index (χ3n) is 2.57. The Morgan fingerprint density at radius 3 is 1.67 bits per heavy atom. The summed E-state index contributed by atoms with van der Waals surface area (Å²) < 4.78 is 4.35. The molecule has 0 fully saturated rings. The summed E-state index contributed by atoms with van der Waals surface area (Å²) in [5.41, 5.74) is 0. The molecule has 5 heteroatoms. The van der Waals surface area contributed by atoms with Crippen LogP contribution in [0.5, 0.6) is 0 Å². The zero-order chi connectivity index (χ0) is 12.4. The molecular formula is C13H10N4S. The van der Waals surface area contributed by atoms with E-state index in [1.54, 1.807) is 12.4 Å². The van der Waals surface area contributed by atoms with Crippen LogP contribution in [0.3, 0.4) is 0 Å². The third kappa shape index (κ3) is 1.84. The van der Waals surface area contributed by atoms with Crippen LogP contribution in [0, 0.1) is 4.77 Å². The van der Waals surface area contributed by atoms with Crippen LogP contribution in [0.1, 0.15) is 0 Å². The fourth-order valence-electron chi connectivity index (χ4n) is 1.72. The van der Waals surface area contributed by atoms with Gasteiger partial charge in [0.05, 0.1) is 0 Å². The molecule has 0 saturated carbocycles. The fraction of sp³-hybridized carbons (Fsp3) is 0. The van der Waals surface area contributed by atoms with Crippen molar-refractivity contribution < 1.29 is 0 Å². The van der Waals surface area contributed by atoms with E-state index in [1.807, 2.05) is 57.9 Å². The van der Waals surface area contributed by atoms with Gasteiger partial charge >= 0.3 is 0 Å². The highest BCUT2D eigenvalue weighted by atomic mass is 32.1. The molecule has 0 aliphatic rings. The van der Waals surface area contributed by atoms with Crippen LogP contribution in [-0.2, 0) is 0 Å². The van der Waals surface area contributed by atoms with Crippen molar-refractivity contribution in [2.45, 2.75) is 0 Å². The first-order valence-corrected chi connectivity index (χ1v) is 5.90. The predicted octanol–water partition coefficient (Wildman–Crippen LogP) is 2.79. The maximum Gasteiger partial charge on any atom is 0.191 e. The van der Waals surface area contributed by atoms with Crippen molar-refractivity contribution in [2.75, 3.05) is 0 Å². The van der Waals surface area contributed by atoms with Crippen molar-refractivity contribution in [3.8, 4) is 11.6 Å². The van der Waals surface area contributed by atoms with E-state index in [-0.39, 0.29) is 0 Å². The number of imidazole rings is 1. The van der Waals surface area contributed by atoms with E-state index in [1.165, 1.54) is 0 Å². The first kappa shape index (κ1) is 10.9. The van der Waals surface area contributed by atoms with Gasteiger partial charge in [0.1, 0.15) is 11.6 Å². The minimum absolute atomic E-state index is 0.646. The minimum Gasteiger partial charge on any atom is -0.276 e. The molecule has 3 rings (SSSR count). The predicted molar refractivity (Wildman–Crippen MR) is 71.5 cm³/mol. The summed E-state index contributed by atoms with van der Waals surface area (Å²) in [5, 5.41) is 0. The van der Waals surface area contributed by atoms with E-state index in [9.17, 15) is 0 Å². The lowest BCUT2D eigenvalue weighted by Crippen LogP contribution is -2.00. The highest BCUT2D eigenvalue weighted by Gasteiger charge is 2.04. The summed E-state index contributed by atoms with van der Waals surface area (Å²) in [6.07, 6.45) is 7.27. The lowest BCUT2D eigenvalue weighted by atomic mass is 10.4. The molecule has 4 nitrogen and oxygen atoms in total. The van der Waals surface area contributed by atoms with Crippen LogP contribution >= 0.6 is 12.2 Å². The zero-order valence-corrected chi connectivity index (χ0v) is 10.3. The summed E-state index contributed by atoms with van der Waals surface area (Å²) >= 11 is 5.44. The summed E-state index contributed by atoms with van der Waals surface area (Å²) in [5.74, 6) is 1.61. The Bertz CT molecular complexity index is 641. The van der Waals surface area contributed by atoms with E-state index in [0.29, 0.717) is 4.77 Å². The highest BCUT2D eigenvalue weighted by Crippen LogP contribution is 2.10. The third-order valence-corrected chi connectivity index (χ3v) is 2.96. The van der Waals surface area contributed by atoms with Crippen molar-refractivity contribution >= 4 is 12.2 Å². The summed E-state index contributed by atoms with van der Waals surface area (Å²) in [7, 11) is 0. The molecule has 0 N–H and O–H groups in total. The van der Waals surface area contributed by atoms with E-state index >= 15 is 0 Å². The average Bonchev–Trinajstić information content (AvgIpc) is 2.83. The standard InChI is InChI=1S/C13H10N4S/c18-13-16(11-5-1-3-7-14-11)9-10-17(13)12-6-2-4-8-15-12/h1-10H. The first-order valence-electron chi connectivity index (χ1n) is 5.49. The van der Waals surface area contributed by atoms with E-state index < -0.39 is 0 Å².